The summed E-state index contributed by atoms with van der Waals surface area (Å²) < 4.78 is 5.90. The van der Waals surface area contributed by atoms with Crippen LogP contribution in [0.25, 0.3) is 0 Å². The lowest BCUT2D eigenvalue weighted by molar-refractivity contribution is -0.0911. The molecule has 0 spiro atoms. The Hall–Kier alpha value is -1.37. The van der Waals surface area contributed by atoms with Gasteiger partial charge in [-0.3, -0.25) is 4.90 Å². The van der Waals surface area contributed by atoms with E-state index in [1.165, 1.54) is 31.2 Å². The molecule has 1 heterocycles. The molecule has 100 valence electrons. The minimum Gasteiger partial charge on any atom is -0.375 e. The zero-order chi connectivity index (χ0) is 13.1. The largest absolute Gasteiger partial charge is 0.375 e. The fourth-order valence-electron chi connectivity index (χ4n) is 3.29. The quantitative estimate of drug-likeness (QED) is 0.816. The summed E-state index contributed by atoms with van der Waals surface area (Å²) in [6.07, 6.45) is 5.57. The average molecular weight is 256 g/mol. The molecule has 3 nitrogen and oxygen atoms in total. The molecule has 2 fully saturated rings. The first kappa shape index (κ1) is 12.7. The van der Waals surface area contributed by atoms with Crippen LogP contribution in [0.1, 0.15) is 36.8 Å². The fraction of sp³-hybridized carbons (Fsp3) is 0.562. The van der Waals surface area contributed by atoms with Crippen molar-refractivity contribution in [2.75, 3.05) is 13.2 Å². The Kier molecular flexibility index (Phi) is 3.82. The molecule has 0 unspecified atom stereocenters. The summed E-state index contributed by atoms with van der Waals surface area (Å²) in [5.41, 5.74) is 2.03. The van der Waals surface area contributed by atoms with E-state index < -0.39 is 0 Å². The van der Waals surface area contributed by atoms with Gasteiger partial charge >= 0.3 is 0 Å². The van der Waals surface area contributed by atoms with Gasteiger partial charge in [0, 0.05) is 19.1 Å². The Bertz CT molecular complexity index is 461. The van der Waals surface area contributed by atoms with Crippen LogP contribution in [0.5, 0.6) is 0 Å². The van der Waals surface area contributed by atoms with Crippen LogP contribution in [-0.2, 0) is 11.3 Å². The van der Waals surface area contributed by atoms with E-state index in [1.807, 2.05) is 12.1 Å². The van der Waals surface area contributed by atoms with Gasteiger partial charge in [-0.05, 0) is 30.5 Å². The molecule has 3 heteroatoms. The van der Waals surface area contributed by atoms with E-state index in [2.05, 4.69) is 23.1 Å². The summed E-state index contributed by atoms with van der Waals surface area (Å²) in [6, 6.07) is 10.7. The van der Waals surface area contributed by atoms with Crippen LogP contribution in [0.15, 0.2) is 24.3 Å². The smallest absolute Gasteiger partial charge is 0.0991 e. The summed E-state index contributed by atoms with van der Waals surface area (Å²) in [5, 5.41) is 8.83. The predicted molar refractivity (Wildman–Crippen MR) is 73.6 cm³/mol. The summed E-state index contributed by atoms with van der Waals surface area (Å²) >= 11 is 0. The van der Waals surface area contributed by atoms with Crippen molar-refractivity contribution in [3.05, 3.63) is 35.4 Å². The number of hydrogen-bond acceptors (Lipinski definition) is 3. The standard InChI is InChI=1S/C16H20N2O/c17-11-13-5-7-14(8-6-13)12-18-9-10-19-16-4-2-1-3-15(16)18/h5-8,15-16H,1-4,9-10,12H2/t15-,16+/m0/s1. The first-order chi connectivity index (χ1) is 9.36. The summed E-state index contributed by atoms with van der Waals surface area (Å²) in [4.78, 5) is 2.56. The second-order valence-corrected chi connectivity index (χ2v) is 5.54. The van der Waals surface area contributed by atoms with Crippen molar-refractivity contribution >= 4 is 0 Å². The summed E-state index contributed by atoms with van der Waals surface area (Å²) in [5.74, 6) is 0. The number of nitrogens with zero attached hydrogens (tertiary/aromatic N) is 2. The van der Waals surface area contributed by atoms with Gasteiger partial charge in [0.05, 0.1) is 24.3 Å². The highest BCUT2D eigenvalue weighted by Crippen LogP contribution is 2.29. The molecular weight excluding hydrogens is 236 g/mol. The molecule has 0 radical (unpaired) electrons. The molecule has 1 saturated heterocycles. The summed E-state index contributed by atoms with van der Waals surface area (Å²) in [6.45, 7) is 2.87. The van der Waals surface area contributed by atoms with Crippen LogP contribution in [-0.4, -0.2) is 30.2 Å². The molecule has 2 atom stereocenters. The lowest BCUT2D eigenvalue weighted by Gasteiger charge is -2.43. The highest BCUT2D eigenvalue weighted by atomic mass is 16.5. The zero-order valence-electron chi connectivity index (χ0n) is 11.2. The average Bonchev–Trinajstić information content (AvgIpc) is 2.48. The van der Waals surface area contributed by atoms with Gasteiger partial charge < -0.3 is 4.74 Å². The molecule has 1 aliphatic carbocycles. The molecule has 19 heavy (non-hydrogen) atoms. The monoisotopic (exact) mass is 256 g/mol. The van der Waals surface area contributed by atoms with Crippen molar-refractivity contribution in [2.24, 2.45) is 0 Å². The van der Waals surface area contributed by atoms with Gasteiger partial charge in [-0.25, -0.2) is 0 Å². The van der Waals surface area contributed by atoms with Crippen molar-refractivity contribution in [3.8, 4) is 6.07 Å². The van der Waals surface area contributed by atoms with Gasteiger partial charge in [-0.2, -0.15) is 5.26 Å². The Balaban J connectivity index is 1.68. The molecule has 0 amide bonds. The lowest BCUT2D eigenvalue weighted by atomic mass is 9.90. The second kappa shape index (κ2) is 5.73. The van der Waals surface area contributed by atoms with Crippen LogP contribution < -0.4 is 0 Å². The van der Waals surface area contributed by atoms with Crippen LogP contribution in [0, 0.1) is 11.3 Å². The highest BCUT2D eigenvalue weighted by Gasteiger charge is 2.33. The molecular formula is C16H20N2O. The van der Waals surface area contributed by atoms with Gasteiger partial charge in [0.25, 0.3) is 0 Å². The molecule has 0 N–H and O–H groups in total. The number of ether oxygens (including phenoxy) is 1. The first-order valence-corrected chi connectivity index (χ1v) is 7.21. The van der Waals surface area contributed by atoms with Gasteiger partial charge in [0.1, 0.15) is 0 Å². The van der Waals surface area contributed by atoms with E-state index in [1.54, 1.807) is 0 Å². The molecule has 0 bridgehead atoms. The van der Waals surface area contributed by atoms with Gasteiger partial charge in [-0.1, -0.05) is 25.0 Å². The maximum atomic E-state index is 8.83. The molecule has 1 aromatic carbocycles. The van der Waals surface area contributed by atoms with E-state index in [0.717, 1.165) is 25.3 Å². The van der Waals surface area contributed by atoms with E-state index in [-0.39, 0.29) is 0 Å². The third kappa shape index (κ3) is 2.80. The topological polar surface area (TPSA) is 36.3 Å². The Labute approximate surface area is 114 Å². The van der Waals surface area contributed by atoms with Crippen molar-refractivity contribution in [2.45, 2.75) is 44.4 Å². The number of benzene rings is 1. The van der Waals surface area contributed by atoms with E-state index in [0.29, 0.717) is 12.1 Å². The molecule has 1 saturated carbocycles. The van der Waals surface area contributed by atoms with Crippen LogP contribution in [0.2, 0.25) is 0 Å². The fourth-order valence-corrected chi connectivity index (χ4v) is 3.29. The number of rotatable bonds is 2. The number of nitriles is 1. The predicted octanol–water partition coefficient (Wildman–Crippen LogP) is 2.70. The van der Waals surface area contributed by atoms with E-state index in [4.69, 9.17) is 10.00 Å². The Morgan fingerprint density at radius 1 is 1.21 bits per heavy atom. The Morgan fingerprint density at radius 3 is 2.79 bits per heavy atom. The van der Waals surface area contributed by atoms with Gasteiger partial charge in [0.15, 0.2) is 0 Å². The SMILES string of the molecule is N#Cc1ccc(CN2CCO[C@@H]3CCCC[C@@H]32)cc1. The molecule has 2 aliphatic rings. The third-order valence-electron chi connectivity index (χ3n) is 4.32. The van der Waals surface area contributed by atoms with E-state index in [9.17, 15) is 0 Å². The summed E-state index contributed by atoms with van der Waals surface area (Å²) in [7, 11) is 0. The van der Waals surface area contributed by atoms with Gasteiger partial charge in [-0.15, -0.1) is 0 Å². The maximum Gasteiger partial charge on any atom is 0.0991 e. The number of hydrogen-bond donors (Lipinski definition) is 0. The van der Waals surface area contributed by atoms with Crippen LogP contribution in [0.4, 0.5) is 0 Å². The molecule has 1 aromatic rings. The van der Waals surface area contributed by atoms with Gasteiger partial charge in [0.2, 0.25) is 0 Å². The highest BCUT2D eigenvalue weighted by molar-refractivity contribution is 5.31. The van der Waals surface area contributed by atoms with Crippen LogP contribution in [0.3, 0.4) is 0 Å². The van der Waals surface area contributed by atoms with E-state index >= 15 is 0 Å². The third-order valence-corrected chi connectivity index (χ3v) is 4.32. The first-order valence-electron chi connectivity index (χ1n) is 7.21. The molecule has 1 aliphatic heterocycles. The minimum absolute atomic E-state index is 0.445. The second-order valence-electron chi connectivity index (χ2n) is 5.54. The van der Waals surface area contributed by atoms with Crippen molar-refractivity contribution in [1.29, 1.82) is 5.26 Å². The lowest BCUT2D eigenvalue weighted by Crippen LogP contribution is -2.52. The van der Waals surface area contributed by atoms with Crippen molar-refractivity contribution in [1.82, 2.24) is 4.90 Å². The molecule has 0 aromatic heterocycles. The number of morpholine rings is 1. The maximum absolute atomic E-state index is 8.83. The Morgan fingerprint density at radius 2 is 2.00 bits per heavy atom. The minimum atomic E-state index is 0.445. The van der Waals surface area contributed by atoms with Crippen LogP contribution >= 0.6 is 0 Å². The van der Waals surface area contributed by atoms with Crippen molar-refractivity contribution in [3.63, 3.8) is 0 Å². The number of fused-ring (bicyclic) bond motifs is 1. The zero-order valence-corrected chi connectivity index (χ0v) is 11.2. The normalized spacial score (nSPS) is 27.5. The van der Waals surface area contributed by atoms with Crippen molar-refractivity contribution < 1.29 is 4.74 Å². The molecule has 3 rings (SSSR count).